The van der Waals surface area contributed by atoms with E-state index in [9.17, 15) is 14.0 Å². The monoisotopic (exact) mass is 366 g/mol. The number of anilines is 1. The Labute approximate surface area is 117 Å². The van der Waals surface area contributed by atoms with Gasteiger partial charge in [0.15, 0.2) is 0 Å². The Balaban J connectivity index is 2.70. The summed E-state index contributed by atoms with van der Waals surface area (Å²) in [5.74, 6) is -1.56. The van der Waals surface area contributed by atoms with Crippen LogP contribution in [0.2, 0.25) is 0 Å². The Morgan fingerprint density at radius 3 is 2.72 bits per heavy atom. The highest BCUT2D eigenvalue weighted by atomic mass is 127. The number of rotatable bonds is 4. The summed E-state index contributed by atoms with van der Waals surface area (Å²) in [6.07, 6.45) is 0.267. The minimum Gasteiger partial charge on any atom is -0.480 e. The average Bonchev–Trinajstić information content (AvgIpc) is 2.31. The van der Waals surface area contributed by atoms with E-state index in [1.807, 2.05) is 0 Å². The third-order valence-corrected chi connectivity index (χ3v) is 3.31. The number of hydrogen-bond donors (Lipinski definition) is 3. The van der Waals surface area contributed by atoms with Crippen molar-refractivity contribution in [2.75, 3.05) is 5.32 Å². The molecular weight excluding hydrogens is 354 g/mol. The molecule has 1 aromatic carbocycles. The van der Waals surface area contributed by atoms with Gasteiger partial charge in [-0.15, -0.1) is 0 Å². The zero-order valence-corrected chi connectivity index (χ0v) is 11.7. The van der Waals surface area contributed by atoms with E-state index in [1.165, 1.54) is 18.2 Å². The van der Waals surface area contributed by atoms with Crippen LogP contribution < -0.4 is 10.6 Å². The van der Waals surface area contributed by atoms with Gasteiger partial charge in [-0.1, -0.05) is 13.0 Å². The predicted octanol–water partition coefficient (Wildman–Crippen LogP) is 2.42. The molecule has 0 bridgehead atoms. The quantitative estimate of drug-likeness (QED) is 0.717. The molecule has 1 atom stereocenters. The lowest BCUT2D eigenvalue weighted by molar-refractivity contribution is -0.139. The van der Waals surface area contributed by atoms with E-state index < -0.39 is 23.9 Å². The lowest BCUT2D eigenvalue weighted by Gasteiger charge is -2.14. The Morgan fingerprint density at radius 1 is 1.50 bits per heavy atom. The predicted molar refractivity (Wildman–Crippen MR) is 73.0 cm³/mol. The summed E-state index contributed by atoms with van der Waals surface area (Å²) in [6.45, 7) is 1.64. The summed E-state index contributed by atoms with van der Waals surface area (Å²) in [5.41, 5.74) is 0.299. The van der Waals surface area contributed by atoms with Crippen molar-refractivity contribution in [3.8, 4) is 0 Å². The molecule has 98 valence electrons. The maximum Gasteiger partial charge on any atom is 0.326 e. The first-order valence-electron chi connectivity index (χ1n) is 5.20. The maximum absolute atomic E-state index is 13.2. The van der Waals surface area contributed by atoms with Gasteiger partial charge < -0.3 is 15.7 Å². The second kappa shape index (κ2) is 6.53. The van der Waals surface area contributed by atoms with Crippen LogP contribution in [0.15, 0.2) is 18.2 Å². The first-order valence-corrected chi connectivity index (χ1v) is 6.28. The Kier molecular flexibility index (Phi) is 5.32. The highest BCUT2D eigenvalue weighted by Crippen LogP contribution is 2.20. The smallest absolute Gasteiger partial charge is 0.326 e. The van der Waals surface area contributed by atoms with Gasteiger partial charge in [-0.05, 0) is 41.1 Å². The van der Waals surface area contributed by atoms with Crippen molar-refractivity contribution in [2.24, 2.45) is 0 Å². The summed E-state index contributed by atoms with van der Waals surface area (Å²) >= 11 is 1.76. The fourth-order valence-electron chi connectivity index (χ4n) is 1.26. The molecule has 5 nitrogen and oxygen atoms in total. The first kappa shape index (κ1) is 14.7. The second-order valence-corrected chi connectivity index (χ2v) is 4.58. The number of carbonyl (C=O) groups is 2. The molecule has 0 radical (unpaired) electrons. The number of halogens is 2. The summed E-state index contributed by atoms with van der Waals surface area (Å²) in [4.78, 5) is 22.3. The average molecular weight is 366 g/mol. The summed E-state index contributed by atoms with van der Waals surface area (Å²) in [6, 6.07) is 2.63. The highest BCUT2D eigenvalue weighted by molar-refractivity contribution is 14.1. The number of nitrogens with one attached hydrogen (secondary N) is 2. The molecule has 0 spiro atoms. The highest BCUT2D eigenvalue weighted by Gasteiger charge is 2.18. The lowest BCUT2D eigenvalue weighted by atomic mass is 10.2. The van der Waals surface area contributed by atoms with Crippen molar-refractivity contribution >= 4 is 40.3 Å². The van der Waals surface area contributed by atoms with Gasteiger partial charge in [0.2, 0.25) is 0 Å². The zero-order valence-electron chi connectivity index (χ0n) is 9.54. The molecule has 2 amide bonds. The third-order valence-electron chi connectivity index (χ3n) is 2.21. The van der Waals surface area contributed by atoms with E-state index in [0.29, 0.717) is 5.69 Å². The molecule has 3 N–H and O–H groups in total. The van der Waals surface area contributed by atoms with Crippen molar-refractivity contribution in [2.45, 2.75) is 19.4 Å². The number of hydrogen-bond acceptors (Lipinski definition) is 2. The van der Waals surface area contributed by atoms with Crippen LogP contribution in [-0.2, 0) is 4.79 Å². The first-order chi connectivity index (χ1) is 8.45. The molecular formula is C11H12FIN2O3. The van der Waals surface area contributed by atoms with Crippen LogP contribution in [-0.4, -0.2) is 23.1 Å². The number of carboxylic acids is 1. The summed E-state index contributed by atoms with van der Waals surface area (Å²) < 4.78 is 13.5. The number of benzene rings is 1. The minimum atomic E-state index is -1.11. The van der Waals surface area contributed by atoms with E-state index in [1.54, 1.807) is 29.5 Å². The molecule has 0 saturated heterocycles. The van der Waals surface area contributed by atoms with Crippen LogP contribution in [0, 0.1) is 9.39 Å². The second-order valence-electron chi connectivity index (χ2n) is 3.50. The molecule has 0 fully saturated rings. The topological polar surface area (TPSA) is 78.4 Å². The van der Waals surface area contributed by atoms with Gasteiger partial charge in [0.1, 0.15) is 11.9 Å². The third kappa shape index (κ3) is 3.83. The Hall–Kier alpha value is -1.38. The van der Waals surface area contributed by atoms with Crippen molar-refractivity contribution < 1.29 is 19.1 Å². The van der Waals surface area contributed by atoms with Gasteiger partial charge in [0.05, 0.1) is 9.26 Å². The molecule has 18 heavy (non-hydrogen) atoms. The zero-order chi connectivity index (χ0) is 13.7. The van der Waals surface area contributed by atoms with Crippen LogP contribution in [0.4, 0.5) is 14.9 Å². The number of amides is 2. The number of carbonyl (C=O) groups excluding carboxylic acids is 1. The molecule has 7 heteroatoms. The Bertz CT molecular complexity index is 468. The molecule has 1 rings (SSSR count). The van der Waals surface area contributed by atoms with Crippen LogP contribution in [0.1, 0.15) is 13.3 Å². The van der Waals surface area contributed by atoms with Gasteiger partial charge in [-0.3, -0.25) is 0 Å². The van der Waals surface area contributed by atoms with Crippen molar-refractivity contribution in [1.29, 1.82) is 0 Å². The fraction of sp³-hybridized carbons (Fsp3) is 0.273. The van der Waals surface area contributed by atoms with E-state index in [2.05, 4.69) is 10.6 Å². The molecule has 0 unspecified atom stereocenters. The van der Waals surface area contributed by atoms with Crippen LogP contribution in [0.3, 0.4) is 0 Å². The van der Waals surface area contributed by atoms with Crippen molar-refractivity contribution in [3.63, 3.8) is 0 Å². The van der Waals surface area contributed by atoms with Gasteiger partial charge in [0.25, 0.3) is 0 Å². The molecule has 0 saturated carbocycles. The van der Waals surface area contributed by atoms with E-state index in [-0.39, 0.29) is 9.99 Å². The Morgan fingerprint density at radius 2 is 2.17 bits per heavy atom. The summed E-state index contributed by atoms with van der Waals surface area (Å²) in [7, 11) is 0. The fourth-order valence-corrected chi connectivity index (χ4v) is 1.75. The molecule has 1 aromatic rings. The van der Waals surface area contributed by atoms with Crippen LogP contribution in [0.5, 0.6) is 0 Å². The van der Waals surface area contributed by atoms with Gasteiger partial charge >= 0.3 is 12.0 Å². The number of urea groups is 1. The standard InChI is InChI=1S/C11H12FIN2O3/c1-2-7(10(16)17)14-11(18)15-8-5-3-4-6(12)9(8)13/h3-5,7H,2H2,1H3,(H,16,17)(H2,14,15,18)/t7-/m0/s1. The minimum absolute atomic E-state index is 0.267. The largest absolute Gasteiger partial charge is 0.480 e. The van der Waals surface area contributed by atoms with Gasteiger partial charge in [0, 0.05) is 0 Å². The molecule has 0 aliphatic heterocycles. The van der Waals surface area contributed by atoms with E-state index in [4.69, 9.17) is 5.11 Å². The normalized spacial score (nSPS) is 11.7. The van der Waals surface area contributed by atoms with E-state index >= 15 is 0 Å². The van der Waals surface area contributed by atoms with Crippen LogP contribution in [0.25, 0.3) is 0 Å². The van der Waals surface area contributed by atoms with Gasteiger partial charge in [-0.25, -0.2) is 14.0 Å². The van der Waals surface area contributed by atoms with Crippen molar-refractivity contribution in [1.82, 2.24) is 5.32 Å². The molecule has 0 heterocycles. The van der Waals surface area contributed by atoms with E-state index in [0.717, 1.165) is 0 Å². The molecule has 0 aromatic heterocycles. The number of carboxylic acid groups (broad SMARTS) is 1. The molecule has 0 aliphatic carbocycles. The summed E-state index contributed by atoms with van der Waals surface area (Å²) in [5, 5.41) is 13.5. The number of aliphatic carboxylic acids is 1. The molecule has 0 aliphatic rings. The van der Waals surface area contributed by atoms with Crippen molar-refractivity contribution in [3.05, 3.63) is 27.6 Å². The maximum atomic E-state index is 13.2. The SMILES string of the molecule is CC[C@H](NC(=O)Nc1cccc(F)c1I)C(=O)O. The van der Waals surface area contributed by atoms with Crippen LogP contribution >= 0.6 is 22.6 Å². The van der Waals surface area contributed by atoms with Gasteiger partial charge in [-0.2, -0.15) is 0 Å². The lowest BCUT2D eigenvalue weighted by Crippen LogP contribution is -2.42.